The Balaban J connectivity index is 1.26. The first-order chi connectivity index (χ1) is 20.6. The monoisotopic (exact) mass is 592 g/mol. The van der Waals surface area contributed by atoms with Crippen molar-refractivity contribution in [1.29, 1.82) is 0 Å². The van der Waals surface area contributed by atoms with Crippen molar-refractivity contribution in [3.05, 3.63) is 47.3 Å². The number of nitrogens with zero attached hydrogens (tertiary/aromatic N) is 1. The zero-order valence-electron chi connectivity index (χ0n) is 25.4. The third kappa shape index (κ3) is 7.71. The molecule has 2 fully saturated rings. The van der Waals surface area contributed by atoms with E-state index in [-0.39, 0.29) is 35.7 Å². The minimum absolute atomic E-state index is 0.0615. The number of Topliss-reactive ketones (excluding diaryl/α,β-unsaturated/α-hetero) is 2. The van der Waals surface area contributed by atoms with Crippen LogP contribution in [0.15, 0.2) is 30.5 Å². The fraction of sp³-hybridized carbons (Fsp3) is 0.606. The van der Waals surface area contributed by atoms with Gasteiger partial charge in [-0.2, -0.15) is 5.10 Å². The van der Waals surface area contributed by atoms with Crippen LogP contribution >= 0.6 is 0 Å². The molecule has 232 valence electrons. The molecule has 2 amide bonds. The summed E-state index contributed by atoms with van der Waals surface area (Å²) in [6, 6.07) is 5.99. The Morgan fingerprint density at radius 2 is 1.84 bits per heavy atom. The summed E-state index contributed by atoms with van der Waals surface area (Å²) in [5, 5.41) is 13.0. The van der Waals surface area contributed by atoms with E-state index < -0.39 is 23.6 Å². The predicted molar refractivity (Wildman–Crippen MR) is 159 cm³/mol. The number of ether oxygens (including phenoxy) is 2. The highest BCUT2D eigenvalue weighted by Gasteiger charge is 2.50. The summed E-state index contributed by atoms with van der Waals surface area (Å²) in [7, 11) is 1.59. The third-order valence-corrected chi connectivity index (χ3v) is 9.46. The molecular formula is C33H44N4O6. The summed E-state index contributed by atoms with van der Waals surface area (Å²) in [6.45, 7) is 3.80. The molecule has 3 N–H and O–H groups in total. The third-order valence-electron chi connectivity index (χ3n) is 9.46. The SMILES string of the molecule is COc1ccc(C[C@H](CC(=O)[C@@H](C)NC(=O)[C@H]2CCc3[nH]ncc3C2)C(=O)N[C@@H](CC2CCCC2)C(=O)[C@@]2(C)CO2)cc1. The maximum Gasteiger partial charge on any atom is 0.224 e. The first-order valence-electron chi connectivity index (χ1n) is 15.6. The predicted octanol–water partition coefficient (Wildman–Crippen LogP) is 3.27. The molecule has 1 saturated heterocycles. The fourth-order valence-corrected chi connectivity index (χ4v) is 6.49. The van der Waals surface area contributed by atoms with Gasteiger partial charge in [0.15, 0.2) is 11.6 Å². The molecule has 2 aliphatic carbocycles. The minimum Gasteiger partial charge on any atom is -0.497 e. The van der Waals surface area contributed by atoms with Crippen LogP contribution in [0.3, 0.4) is 0 Å². The van der Waals surface area contributed by atoms with Gasteiger partial charge in [0, 0.05) is 24.0 Å². The molecule has 1 aromatic carbocycles. The minimum atomic E-state index is -0.854. The van der Waals surface area contributed by atoms with E-state index in [2.05, 4.69) is 20.8 Å². The van der Waals surface area contributed by atoms with Gasteiger partial charge < -0.3 is 20.1 Å². The second-order valence-electron chi connectivity index (χ2n) is 12.8. The molecule has 43 heavy (non-hydrogen) atoms. The van der Waals surface area contributed by atoms with Gasteiger partial charge in [0.2, 0.25) is 11.8 Å². The number of H-pyrrole nitrogens is 1. The average molecular weight is 593 g/mol. The van der Waals surface area contributed by atoms with E-state index in [1.165, 1.54) is 0 Å². The van der Waals surface area contributed by atoms with Crippen molar-refractivity contribution in [2.75, 3.05) is 13.7 Å². The number of carbonyl (C=O) groups is 4. The van der Waals surface area contributed by atoms with Crippen LogP contribution in [0.25, 0.3) is 0 Å². The largest absolute Gasteiger partial charge is 0.497 e. The molecule has 0 unspecified atom stereocenters. The fourth-order valence-electron chi connectivity index (χ4n) is 6.49. The molecule has 2 heterocycles. The van der Waals surface area contributed by atoms with E-state index in [9.17, 15) is 19.2 Å². The van der Waals surface area contributed by atoms with E-state index in [4.69, 9.17) is 9.47 Å². The summed E-state index contributed by atoms with van der Waals surface area (Å²) < 4.78 is 10.7. The zero-order chi connectivity index (χ0) is 30.6. The van der Waals surface area contributed by atoms with Crippen LogP contribution in [-0.2, 0) is 43.2 Å². The van der Waals surface area contributed by atoms with E-state index in [1.807, 2.05) is 24.3 Å². The molecular weight excluding hydrogens is 548 g/mol. The Hall–Kier alpha value is -3.53. The molecule has 0 bridgehead atoms. The number of aromatic nitrogens is 2. The molecule has 10 heteroatoms. The van der Waals surface area contributed by atoms with E-state index in [0.29, 0.717) is 44.0 Å². The summed E-state index contributed by atoms with van der Waals surface area (Å²) in [5.41, 5.74) is 2.12. The zero-order valence-corrected chi connectivity index (χ0v) is 25.4. The van der Waals surface area contributed by atoms with Crippen molar-refractivity contribution in [3.63, 3.8) is 0 Å². The first-order valence-corrected chi connectivity index (χ1v) is 15.6. The molecule has 1 aliphatic heterocycles. The first kappa shape index (κ1) is 30.9. The van der Waals surface area contributed by atoms with Crippen molar-refractivity contribution in [1.82, 2.24) is 20.8 Å². The molecule has 0 spiro atoms. The van der Waals surface area contributed by atoms with Crippen LogP contribution < -0.4 is 15.4 Å². The normalized spacial score (nSPS) is 23.5. The lowest BCUT2D eigenvalue weighted by atomic mass is 9.86. The molecule has 2 aromatic rings. The number of rotatable bonds is 14. The maximum atomic E-state index is 13.8. The van der Waals surface area contributed by atoms with E-state index >= 15 is 0 Å². The second-order valence-corrected chi connectivity index (χ2v) is 12.8. The summed E-state index contributed by atoms with van der Waals surface area (Å²) in [4.78, 5) is 53.8. The number of benzene rings is 1. The summed E-state index contributed by atoms with van der Waals surface area (Å²) in [5.74, 6) is -0.683. The number of amides is 2. The van der Waals surface area contributed by atoms with Crippen molar-refractivity contribution in [3.8, 4) is 5.75 Å². The smallest absolute Gasteiger partial charge is 0.224 e. The van der Waals surface area contributed by atoms with Gasteiger partial charge in [-0.05, 0) is 75.1 Å². The van der Waals surface area contributed by atoms with Crippen molar-refractivity contribution in [2.45, 2.75) is 95.7 Å². The number of epoxide rings is 1. The number of carbonyl (C=O) groups excluding carboxylic acids is 4. The Labute approximate surface area is 253 Å². The Morgan fingerprint density at radius 3 is 2.51 bits per heavy atom. The van der Waals surface area contributed by atoms with Gasteiger partial charge in [0.1, 0.15) is 11.4 Å². The molecule has 0 radical (unpaired) electrons. The molecule has 5 atom stereocenters. The van der Waals surface area contributed by atoms with Gasteiger partial charge in [-0.25, -0.2) is 0 Å². The van der Waals surface area contributed by atoms with Gasteiger partial charge in [-0.15, -0.1) is 0 Å². The van der Waals surface area contributed by atoms with Crippen LogP contribution in [0.4, 0.5) is 0 Å². The van der Waals surface area contributed by atoms with Crippen LogP contribution in [0.5, 0.6) is 5.75 Å². The number of nitrogens with one attached hydrogen (secondary N) is 3. The number of hydrogen-bond acceptors (Lipinski definition) is 7. The number of aromatic amines is 1. The lowest BCUT2D eigenvalue weighted by Crippen LogP contribution is -2.50. The van der Waals surface area contributed by atoms with Gasteiger partial charge in [0.25, 0.3) is 0 Å². The van der Waals surface area contributed by atoms with Gasteiger partial charge in [-0.1, -0.05) is 37.8 Å². The molecule has 1 saturated carbocycles. The second kappa shape index (κ2) is 13.4. The number of aryl methyl sites for hydroxylation is 1. The van der Waals surface area contributed by atoms with Gasteiger partial charge >= 0.3 is 0 Å². The van der Waals surface area contributed by atoms with E-state index in [1.54, 1.807) is 27.2 Å². The Morgan fingerprint density at radius 1 is 1.12 bits per heavy atom. The molecule has 1 aromatic heterocycles. The van der Waals surface area contributed by atoms with Gasteiger partial charge in [0.05, 0.1) is 32.0 Å². The van der Waals surface area contributed by atoms with Crippen molar-refractivity contribution in [2.24, 2.45) is 17.8 Å². The highest BCUT2D eigenvalue weighted by atomic mass is 16.6. The topological polar surface area (TPSA) is 143 Å². The van der Waals surface area contributed by atoms with Crippen LogP contribution in [-0.4, -0.2) is 65.0 Å². The Bertz CT molecular complexity index is 1310. The van der Waals surface area contributed by atoms with Crippen LogP contribution in [0, 0.1) is 17.8 Å². The standard InChI is InChI=1S/C33H44N4O6/c1-20(35-31(40)23-10-13-27-25(16-23)18-34-37-27)29(38)17-24(14-22-8-11-26(42-3)12-9-22)32(41)36-28(15-21-6-4-5-7-21)30(39)33(2)19-43-33/h8-9,11-12,18,20-21,23-24,28H,4-7,10,13-17,19H2,1-3H3,(H,34,37)(H,35,40)(H,36,41)/t20-,23+,24-,28+,33-/m1/s1. The number of hydrogen-bond donors (Lipinski definition) is 3. The van der Waals surface area contributed by atoms with Crippen LogP contribution in [0.2, 0.25) is 0 Å². The molecule has 10 nitrogen and oxygen atoms in total. The number of methoxy groups -OCH3 is 1. The Kier molecular flexibility index (Phi) is 9.64. The maximum absolute atomic E-state index is 13.8. The summed E-state index contributed by atoms with van der Waals surface area (Å²) in [6.07, 6.45) is 8.96. The number of fused-ring (bicyclic) bond motifs is 1. The quantitative estimate of drug-likeness (QED) is 0.286. The highest BCUT2D eigenvalue weighted by Crippen LogP contribution is 2.34. The number of ketones is 2. The highest BCUT2D eigenvalue weighted by molar-refractivity contribution is 5.98. The van der Waals surface area contributed by atoms with Crippen molar-refractivity contribution >= 4 is 23.4 Å². The molecule has 5 rings (SSSR count). The van der Waals surface area contributed by atoms with E-state index in [0.717, 1.165) is 48.9 Å². The average Bonchev–Trinajstić information content (AvgIpc) is 3.36. The van der Waals surface area contributed by atoms with Gasteiger partial charge in [-0.3, -0.25) is 24.3 Å². The lowest BCUT2D eigenvalue weighted by molar-refractivity contribution is -0.135. The molecule has 3 aliphatic rings. The lowest BCUT2D eigenvalue weighted by Gasteiger charge is -2.26. The van der Waals surface area contributed by atoms with Crippen LogP contribution in [0.1, 0.15) is 75.6 Å². The van der Waals surface area contributed by atoms with Crippen molar-refractivity contribution < 1.29 is 28.7 Å². The summed E-state index contributed by atoms with van der Waals surface area (Å²) >= 11 is 0.